The number of likely N-dealkylation sites (tertiary alicyclic amines) is 1. The maximum absolute atomic E-state index is 13.1. The van der Waals surface area contributed by atoms with Crippen LogP contribution in [0, 0.1) is 17.8 Å². The molecule has 2 saturated heterocycles. The molecule has 2 aliphatic heterocycles. The first-order chi connectivity index (χ1) is 10.8. The molecule has 3 heterocycles. The van der Waals surface area contributed by atoms with E-state index >= 15 is 0 Å². The summed E-state index contributed by atoms with van der Waals surface area (Å²) in [5, 5.41) is 3.44. The number of fused-ring (bicyclic) bond motifs is 1. The van der Waals surface area contributed by atoms with E-state index in [0.717, 1.165) is 39.0 Å². The summed E-state index contributed by atoms with van der Waals surface area (Å²) in [7, 11) is 0. The van der Waals surface area contributed by atoms with Gasteiger partial charge in [-0.3, -0.25) is 9.78 Å². The number of hydrogen-bond donors (Lipinski definition) is 1. The maximum atomic E-state index is 13.1. The van der Waals surface area contributed by atoms with Gasteiger partial charge in [-0.1, -0.05) is 18.2 Å². The van der Waals surface area contributed by atoms with Crippen LogP contribution in [0.4, 0.5) is 0 Å². The molecule has 0 saturated carbocycles. The average Bonchev–Trinajstić information content (AvgIpc) is 3.17. The first-order valence-electron chi connectivity index (χ1n) is 8.37. The van der Waals surface area contributed by atoms with Crippen LogP contribution in [0.25, 0.3) is 0 Å². The van der Waals surface area contributed by atoms with Crippen molar-refractivity contribution in [2.45, 2.75) is 18.8 Å². The Morgan fingerprint density at radius 1 is 1.18 bits per heavy atom. The fourth-order valence-electron chi connectivity index (χ4n) is 4.32. The summed E-state index contributed by atoms with van der Waals surface area (Å²) in [6.45, 7) is 4.03. The van der Waals surface area contributed by atoms with Gasteiger partial charge in [-0.2, -0.15) is 0 Å². The molecule has 4 nitrogen and oxygen atoms in total. The summed E-state index contributed by atoms with van der Waals surface area (Å²) in [5.41, 5.74) is 1.20. The highest BCUT2D eigenvalue weighted by molar-refractivity contribution is 5.80. The Hall–Kier alpha value is -1.68. The van der Waals surface area contributed by atoms with Crippen LogP contribution in [0.3, 0.4) is 0 Å². The molecule has 4 atom stereocenters. The lowest BCUT2D eigenvalue weighted by Gasteiger charge is -2.31. The number of hydrogen-bond acceptors (Lipinski definition) is 3. The third-order valence-corrected chi connectivity index (χ3v) is 5.56. The molecule has 1 amide bonds. The van der Waals surface area contributed by atoms with Gasteiger partial charge < -0.3 is 10.2 Å². The van der Waals surface area contributed by atoms with E-state index in [9.17, 15) is 4.79 Å². The van der Waals surface area contributed by atoms with E-state index in [-0.39, 0.29) is 11.8 Å². The number of pyridine rings is 1. The van der Waals surface area contributed by atoms with Crippen molar-refractivity contribution in [1.82, 2.24) is 15.2 Å². The zero-order chi connectivity index (χ0) is 14.9. The van der Waals surface area contributed by atoms with Gasteiger partial charge in [-0.05, 0) is 36.3 Å². The van der Waals surface area contributed by atoms with Crippen LogP contribution in [-0.4, -0.2) is 42.0 Å². The lowest BCUT2D eigenvalue weighted by Crippen LogP contribution is -2.39. The van der Waals surface area contributed by atoms with Crippen molar-refractivity contribution in [3.05, 3.63) is 42.2 Å². The van der Waals surface area contributed by atoms with Crippen molar-refractivity contribution in [3.63, 3.8) is 0 Å². The number of allylic oxidation sites excluding steroid dienone is 2. The van der Waals surface area contributed by atoms with E-state index in [1.807, 2.05) is 12.3 Å². The number of nitrogens with one attached hydrogen (secondary N) is 1. The lowest BCUT2D eigenvalue weighted by molar-refractivity contribution is -0.135. The highest BCUT2D eigenvalue weighted by Gasteiger charge is 2.41. The second-order valence-corrected chi connectivity index (χ2v) is 6.86. The van der Waals surface area contributed by atoms with Crippen molar-refractivity contribution in [2.75, 3.05) is 26.2 Å². The lowest BCUT2D eigenvalue weighted by atomic mass is 9.78. The topological polar surface area (TPSA) is 45.2 Å². The molecule has 1 N–H and O–H groups in total. The molecule has 3 aliphatic rings. The quantitative estimate of drug-likeness (QED) is 0.847. The second-order valence-electron chi connectivity index (χ2n) is 6.86. The first kappa shape index (κ1) is 13.9. The predicted molar refractivity (Wildman–Crippen MR) is 85.3 cm³/mol. The second kappa shape index (κ2) is 5.84. The molecule has 1 aliphatic carbocycles. The van der Waals surface area contributed by atoms with Crippen LogP contribution >= 0.6 is 0 Å². The first-order valence-corrected chi connectivity index (χ1v) is 8.37. The molecule has 4 unspecified atom stereocenters. The molecule has 1 aromatic heterocycles. The van der Waals surface area contributed by atoms with E-state index < -0.39 is 0 Å². The standard InChI is InChI=1S/C18H23N3O/c22-18(21-11-14-9-20-10-15(14)12-21)17-6-2-1-5-16(17)13-4-3-7-19-8-13/h1-4,7-8,14-17,20H,5-6,9-12H2. The maximum Gasteiger partial charge on any atom is 0.226 e. The van der Waals surface area contributed by atoms with E-state index in [4.69, 9.17) is 0 Å². The van der Waals surface area contributed by atoms with Crippen LogP contribution in [0.5, 0.6) is 0 Å². The molecular formula is C18H23N3O. The van der Waals surface area contributed by atoms with Gasteiger partial charge in [-0.25, -0.2) is 0 Å². The summed E-state index contributed by atoms with van der Waals surface area (Å²) in [6.07, 6.45) is 9.92. The number of nitrogens with zero attached hydrogens (tertiary/aromatic N) is 2. The largest absolute Gasteiger partial charge is 0.342 e. The Kier molecular flexibility index (Phi) is 3.70. The highest BCUT2D eigenvalue weighted by Crippen LogP contribution is 2.37. The molecule has 4 heteroatoms. The fourth-order valence-corrected chi connectivity index (χ4v) is 4.32. The molecule has 0 aromatic carbocycles. The molecule has 1 aromatic rings. The van der Waals surface area contributed by atoms with Crippen molar-refractivity contribution >= 4 is 5.91 Å². The fraction of sp³-hybridized carbons (Fsp3) is 0.556. The van der Waals surface area contributed by atoms with Gasteiger partial charge in [0.25, 0.3) is 0 Å². The van der Waals surface area contributed by atoms with Crippen molar-refractivity contribution in [1.29, 1.82) is 0 Å². The highest BCUT2D eigenvalue weighted by atomic mass is 16.2. The molecular weight excluding hydrogens is 274 g/mol. The predicted octanol–water partition coefficient (Wildman–Crippen LogP) is 1.81. The summed E-state index contributed by atoms with van der Waals surface area (Å²) in [6, 6.07) is 4.08. The summed E-state index contributed by atoms with van der Waals surface area (Å²) in [4.78, 5) is 19.4. The Morgan fingerprint density at radius 2 is 1.95 bits per heavy atom. The molecule has 116 valence electrons. The summed E-state index contributed by atoms with van der Waals surface area (Å²) >= 11 is 0. The normalized spacial score (nSPS) is 33.9. The zero-order valence-electron chi connectivity index (χ0n) is 12.8. The number of amides is 1. The van der Waals surface area contributed by atoms with Gasteiger partial charge in [0.1, 0.15) is 0 Å². The van der Waals surface area contributed by atoms with Gasteiger partial charge >= 0.3 is 0 Å². The Balaban J connectivity index is 1.52. The minimum absolute atomic E-state index is 0.0842. The Bertz CT molecular complexity index is 559. The van der Waals surface area contributed by atoms with Crippen LogP contribution < -0.4 is 5.32 Å². The number of rotatable bonds is 2. The smallest absolute Gasteiger partial charge is 0.226 e. The zero-order valence-corrected chi connectivity index (χ0v) is 12.8. The average molecular weight is 297 g/mol. The monoisotopic (exact) mass is 297 g/mol. The van der Waals surface area contributed by atoms with Gasteiger partial charge in [-0.15, -0.1) is 0 Å². The van der Waals surface area contributed by atoms with E-state index in [2.05, 4.69) is 33.4 Å². The third-order valence-electron chi connectivity index (χ3n) is 5.56. The van der Waals surface area contributed by atoms with Crippen LogP contribution in [-0.2, 0) is 4.79 Å². The molecule has 22 heavy (non-hydrogen) atoms. The molecule has 0 spiro atoms. The molecule has 4 rings (SSSR count). The van der Waals surface area contributed by atoms with Crippen LogP contribution in [0.2, 0.25) is 0 Å². The van der Waals surface area contributed by atoms with E-state index in [1.54, 1.807) is 6.20 Å². The van der Waals surface area contributed by atoms with E-state index in [1.165, 1.54) is 5.56 Å². The van der Waals surface area contributed by atoms with Crippen molar-refractivity contribution in [2.24, 2.45) is 17.8 Å². The number of carbonyl (C=O) groups excluding carboxylic acids is 1. The van der Waals surface area contributed by atoms with Gasteiger partial charge in [0.05, 0.1) is 0 Å². The van der Waals surface area contributed by atoms with Crippen LogP contribution in [0.15, 0.2) is 36.7 Å². The molecule has 0 radical (unpaired) electrons. The van der Waals surface area contributed by atoms with Crippen molar-refractivity contribution in [3.8, 4) is 0 Å². The summed E-state index contributed by atoms with van der Waals surface area (Å²) < 4.78 is 0. The number of carbonyl (C=O) groups is 1. The Morgan fingerprint density at radius 3 is 2.68 bits per heavy atom. The SMILES string of the molecule is O=C(C1CC=CCC1c1cccnc1)N1CC2CNCC2C1. The van der Waals surface area contributed by atoms with Gasteiger partial charge in [0, 0.05) is 50.4 Å². The number of aromatic nitrogens is 1. The molecule has 0 bridgehead atoms. The van der Waals surface area contributed by atoms with Gasteiger partial charge in [0.15, 0.2) is 0 Å². The Labute approximate surface area is 131 Å². The molecule has 2 fully saturated rings. The minimum Gasteiger partial charge on any atom is -0.342 e. The third kappa shape index (κ3) is 2.45. The minimum atomic E-state index is 0.0842. The summed E-state index contributed by atoms with van der Waals surface area (Å²) in [5.74, 6) is 2.05. The van der Waals surface area contributed by atoms with Gasteiger partial charge in [0.2, 0.25) is 5.91 Å². The van der Waals surface area contributed by atoms with E-state index in [0.29, 0.717) is 17.7 Å². The van der Waals surface area contributed by atoms with Crippen molar-refractivity contribution < 1.29 is 4.79 Å². The van der Waals surface area contributed by atoms with Crippen LogP contribution in [0.1, 0.15) is 24.3 Å².